The number of nitrogens with one attached hydrogen (secondary N) is 1. The third kappa shape index (κ3) is 6.69. The van der Waals surface area contributed by atoms with Crippen LogP contribution in [0.2, 0.25) is 0 Å². The number of hydrogen-bond donors (Lipinski definition) is 2. The predicted molar refractivity (Wildman–Crippen MR) is 171 cm³/mol. The van der Waals surface area contributed by atoms with Crippen molar-refractivity contribution in [2.24, 2.45) is 0 Å². The van der Waals surface area contributed by atoms with Crippen molar-refractivity contribution in [1.82, 2.24) is 9.55 Å². The fraction of sp³-hybridized carbons (Fsp3) is 0.312. The van der Waals surface area contributed by atoms with Gasteiger partial charge >= 0.3 is 5.69 Å². The smallest absolute Gasteiger partial charge is 0.330 e. The zero-order valence-electron chi connectivity index (χ0n) is 23.5. The van der Waals surface area contributed by atoms with Crippen LogP contribution in [0.3, 0.4) is 0 Å². The van der Waals surface area contributed by atoms with Crippen molar-refractivity contribution in [1.29, 1.82) is 0 Å². The van der Waals surface area contributed by atoms with Crippen LogP contribution in [-0.4, -0.2) is 40.9 Å². The Kier molecular flexibility index (Phi) is 10.4. The van der Waals surface area contributed by atoms with E-state index in [0.29, 0.717) is 12.0 Å². The number of aryl methyl sites for hydroxylation is 1. The molecule has 0 radical (unpaired) electrons. The molecule has 1 aliphatic rings. The van der Waals surface area contributed by atoms with E-state index in [1.54, 1.807) is 21.1 Å². The summed E-state index contributed by atoms with van der Waals surface area (Å²) in [5, 5.41) is 0. The number of methoxy groups -OCH3 is 2. The van der Waals surface area contributed by atoms with Gasteiger partial charge < -0.3 is 23.6 Å². The lowest BCUT2D eigenvalue weighted by Gasteiger charge is -2.39. The van der Waals surface area contributed by atoms with Crippen LogP contribution >= 0.6 is 7.15 Å². The van der Waals surface area contributed by atoms with Crippen LogP contribution in [0.5, 0.6) is 11.5 Å². The monoisotopic (exact) mass is 624 g/mol. The maximum Gasteiger partial charge on any atom is 0.330 e. The van der Waals surface area contributed by atoms with Gasteiger partial charge in [-0.2, -0.15) is 0 Å². The van der Waals surface area contributed by atoms with Crippen LogP contribution in [0.1, 0.15) is 48.8 Å². The summed E-state index contributed by atoms with van der Waals surface area (Å²) >= 11 is 5.10. The summed E-state index contributed by atoms with van der Waals surface area (Å²) in [4.78, 5) is 37.3. The van der Waals surface area contributed by atoms with Crippen LogP contribution in [0.25, 0.3) is 0 Å². The normalized spacial score (nSPS) is 18.9. The molecule has 4 aromatic rings. The molecular formula is C32H37N2O7PS. The van der Waals surface area contributed by atoms with Gasteiger partial charge in [-0.15, -0.1) is 0 Å². The Morgan fingerprint density at radius 3 is 2.00 bits per heavy atom. The van der Waals surface area contributed by atoms with E-state index < -0.39 is 42.3 Å². The first-order valence-corrected chi connectivity index (χ1v) is 16.0. The number of nitrogens with zero attached hydrogens (tertiary/aromatic N) is 1. The third-order valence-corrected chi connectivity index (χ3v) is 8.62. The van der Waals surface area contributed by atoms with E-state index in [4.69, 9.17) is 30.5 Å². The maximum atomic E-state index is 12.8. The van der Waals surface area contributed by atoms with E-state index in [-0.39, 0.29) is 13.8 Å². The minimum absolute atomic E-state index is 0. The topological polar surface area (TPSA) is 112 Å². The summed E-state index contributed by atoms with van der Waals surface area (Å²) in [5.41, 5.74) is 1.57. The summed E-state index contributed by atoms with van der Waals surface area (Å²) in [6.45, 7) is 1.63. The quantitative estimate of drug-likeness (QED) is 0.185. The van der Waals surface area contributed by atoms with Crippen molar-refractivity contribution < 1.29 is 23.6 Å². The molecule has 228 valence electrons. The molecule has 2 heterocycles. The molecule has 2 unspecified atom stereocenters. The van der Waals surface area contributed by atoms with Gasteiger partial charge in [-0.3, -0.25) is 14.3 Å². The van der Waals surface area contributed by atoms with Gasteiger partial charge in [-0.25, -0.2) is 4.79 Å². The minimum Gasteiger partial charge on any atom is -0.497 e. The Morgan fingerprint density at radius 2 is 1.49 bits per heavy atom. The molecule has 2 N–H and O–H groups in total. The summed E-state index contributed by atoms with van der Waals surface area (Å²) in [7, 11) is 0.733. The minimum atomic E-state index is -2.52. The second-order valence-electron chi connectivity index (χ2n) is 10.2. The van der Waals surface area contributed by atoms with Gasteiger partial charge in [-0.1, -0.05) is 62.0 Å². The maximum absolute atomic E-state index is 12.8. The molecule has 5 rings (SSSR count). The van der Waals surface area contributed by atoms with Crippen molar-refractivity contribution >= 4 is 19.0 Å². The van der Waals surface area contributed by atoms with Crippen LogP contribution < -0.4 is 20.7 Å². The van der Waals surface area contributed by atoms with Gasteiger partial charge in [0.1, 0.15) is 17.7 Å². The Balaban J connectivity index is 0.00000423. The average molecular weight is 625 g/mol. The van der Waals surface area contributed by atoms with Crippen LogP contribution in [0, 0.1) is 6.92 Å². The van der Waals surface area contributed by atoms with E-state index in [1.165, 1.54) is 10.8 Å². The molecule has 0 saturated carbocycles. The molecule has 43 heavy (non-hydrogen) atoms. The van der Waals surface area contributed by atoms with Crippen molar-refractivity contribution in [2.75, 3.05) is 14.2 Å². The first-order chi connectivity index (χ1) is 20.2. The summed E-state index contributed by atoms with van der Waals surface area (Å²) < 4.78 is 24.8. The first-order valence-electron chi connectivity index (χ1n) is 13.5. The van der Waals surface area contributed by atoms with E-state index >= 15 is 0 Å². The third-order valence-electron chi connectivity index (χ3n) is 7.83. The van der Waals surface area contributed by atoms with Gasteiger partial charge in [0.05, 0.1) is 26.4 Å². The Hall–Kier alpha value is -3.53. The number of ether oxygens (including phenoxy) is 3. The van der Waals surface area contributed by atoms with E-state index in [9.17, 15) is 14.5 Å². The highest BCUT2D eigenvalue weighted by Gasteiger charge is 2.46. The summed E-state index contributed by atoms with van der Waals surface area (Å²) in [6, 6.07) is 25.9. The molecule has 1 aliphatic heterocycles. The second-order valence-corrected chi connectivity index (χ2v) is 12.0. The Morgan fingerprint density at radius 1 is 0.953 bits per heavy atom. The molecule has 1 fully saturated rings. The van der Waals surface area contributed by atoms with Crippen molar-refractivity contribution in [3.05, 3.63) is 128 Å². The van der Waals surface area contributed by atoms with Gasteiger partial charge in [-0.05, 0) is 66.1 Å². The number of hydrogen-bond acceptors (Lipinski definition) is 7. The standard InChI is InChI=1S/C31H33N2O7PS.CH4/c1-20-19-33(30(35)32-29(20)34)28-17-26(40-41(36)42)27(39-28)18-31(21-7-5-4-6-8-21,22-9-13-24(37-2)14-10-22)23-11-15-25(38-3)16-12-23;/h4-16,19,26-28,41H,17-18H2,1-3H3,(H,36,42)(H,32,34,35);1H4/t26?,27-,28-;/m1./s1. The van der Waals surface area contributed by atoms with Gasteiger partial charge in [0.25, 0.3) is 5.56 Å². The number of aromatic amines is 1. The molecule has 1 saturated heterocycles. The first kappa shape index (κ1) is 32.4. The highest BCUT2D eigenvalue weighted by Crippen LogP contribution is 2.48. The second kappa shape index (κ2) is 13.8. The fourth-order valence-electron chi connectivity index (χ4n) is 5.74. The SMILES string of the molecule is C.COc1ccc(C(C[C@H]2O[C@@H](n3cc(C)c(=O)[nH]c3=O)CC2O[PH](O)=S)(c2ccccc2)c2ccc(OC)cc2)cc1. The number of benzene rings is 3. The predicted octanol–water partition coefficient (Wildman–Crippen LogP) is 5.09. The van der Waals surface area contributed by atoms with Gasteiger partial charge in [0, 0.05) is 23.6 Å². The molecule has 3 aromatic carbocycles. The van der Waals surface area contributed by atoms with E-state index in [2.05, 4.69) is 17.1 Å². The largest absolute Gasteiger partial charge is 0.497 e. The van der Waals surface area contributed by atoms with Crippen molar-refractivity contribution in [3.8, 4) is 11.5 Å². The lowest BCUT2D eigenvalue weighted by molar-refractivity contribution is -0.0257. The average Bonchev–Trinajstić information content (AvgIpc) is 3.39. The fourth-order valence-corrected chi connectivity index (χ4v) is 6.61. The molecule has 0 aliphatic carbocycles. The lowest BCUT2D eigenvalue weighted by Crippen LogP contribution is -2.38. The van der Waals surface area contributed by atoms with Gasteiger partial charge in [0.15, 0.2) is 7.15 Å². The Labute approximate surface area is 256 Å². The van der Waals surface area contributed by atoms with Crippen molar-refractivity contribution in [2.45, 2.75) is 51.0 Å². The highest BCUT2D eigenvalue weighted by molar-refractivity contribution is 8.00. The number of aromatic nitrogens is 2. The van der Waals surface area contributed by atoms with Crippen molar-refractivity contribution in [3.63, 3.8) is 0 Å². The lowest BCUT2D eigenvalue weighted by atomic mass is 9.66. The zero-order valence-corrected chi connectivity index (χ0v) is 25.3. The molecule has 0 amide bonds. The van der Waals surface area contributed by atoms with E-state index in [0.717, 1.165) is 28.2 Å². The van der Waals surface area contributed by atoms with E-state index in [1.807, 2.05) is 66.7 Å². The highest BCUT2D eigenvalue weighted by atomic mass is 32.4. The molecular weight excluding hydrogens is 587 g/mol. The van der Waals surface area contributed by atoms with Crippen LogP contribution in [-0.2, 0) is 26.5 Å². The molecule has 1 aromatic heterocycles. The van der Waals surface area contributed by atoms with Gasteiger partial charge in [0.2, 0.25) is 0 Å². The van der Waals surface area contributed by atoms with Crippen LogP contribution in [0.4, 0.5) is 0 Å². The molecule has 0 spiro atoms. The zero-order chi connectivity index (χ0) is 29.9. The molecule has 0 bridgehead atoms. The summed E-state index contributed by atoms with van der Waals surface area (Å²) in [5.74, 6) is 1.44. The molecule has 4 atom stereocenters. The summed E-state index contributed by atoms with van der Waals surface area (Å²) in [6.07, 6.45) is 0.204. The number of rotatable bonds is 10. The Bertz CT molecular complexity index is 1610. The van der Waals surface area contributed by atoms with Crippen LogP contribution in [0.15, 0.2) is 94.6 Å². The number of H-pyrrole nitrogens is 1. The molecule has 11 heteroatoms. The molecule has 9 nitrogen and oxygen atoms in total.